The maximum Gasteiger partial charge on any atom is 0.248 e. The second-order valence-corrected chi connectivity index (χ2v) is 3.94. The van der Waals surface area contributed by atoms with Crippen LogP contribution in [0.25, 0.3) is 5.69 Å². The van der Waals surface area contributed by atoms with E-state index in [-0.39, 0.29) is 6.54 Å². The number of nitrogens with two attached hydrogens (primary N) is 2. The zero-order valence-corrected chi connectivity index (χ0v) is 10.5. The zero-order valence-electron chi connectivity index (χ0n) is 10.5. The van der Waals surface area contributed by atoms with Crippen LogP contribution in [0.15, 0.2) is 24.3 Å². The zero-order chi connectivity index (χ0) is 13.8. The minimum Gasteiger partial charge on any atom is -0.378 e. The lowest BCUT2D eigenvalue weighted by molar-refractivity contribution is 0.100. The van der Waals surface area contributed by atoms with Crippen molar-refractivity contribution in [1.82, 2.24) is 15.0 Å². The van der Waals surface area contributed by atoms with Gasteiger partial charge in [0.25, 0.3) is 0 Å². The summed E-state index contributed by atoms with van der Waals surface area (Å²) in [5.41, 5.74) is 13.5. The predicted octanol–water partition coefficient (Wildman–Crippen LogP) is -0.0287. The van der Waals surface area contributed by atoms with E-state index in [2.05, 4.69) is 10.3 Å². The van der Waals surface area contributed by atoms with Crippen LogP contribution in [0, 0.1) is 0 Å². The number of hydrogen-bond acceptors (Lipinski definition) is 5. The van der Waals surface area contributed by atoms with E-state index in [1.807, 2.05) is 0 Å². The van der Waals surface area contributed by atoms with Crippen molar-refractivity contribution in [3.63, 3.8) is 0 Å². The molecule has 2 rings (SSSR count). The molecule has 7 nitrogen and oxygen atoms in total. The Morgan fingerprint density at radius 2 is 2.05 bits per heavy atom. The van der Waals surface area contributed by atoms with Gasteiger partial charge in [-0.15, -0.1) is 5.10 Å². The van der Waals surface area contributed by atoms with Gasteiger partial charge in [-0.05, 0) is 24.3 Å². The average Bonchev–Trinajstić information content (AvgIpc) is 2.82. The van der Waals surface area contributed by atoms with Gasteiger partial charge in [0, 0.05) is 19.2 Å². The second kappa shape index (κ2) is 5.59. The minimum atomic E-state index is -0.468. The van der Waals surface area contributed by atoms with Crippen LogP contribution in [0.4, 0.5) is 0 Å². The Bertz CT molecular complexity index is 576. The van der Waals surface area contributed by atoms with Crippen molar-refractivity contribution in [3.8, 4) is 5.69 Å². The molecule has 19 heavy (non-hydrogen) atoms. The molecule has 7 heteroatoms. The molecular formula is C12H15N5O2. The largest absolute Gasteiger partial charge is 0.378 e. The van der Waals surface area contributed by atoms with Crippen molar-refractivity contribution < 1.29 is 9.53 Å². The van der Waals surface area contributed by atoms with Crippen LogP contribution in [0.5, 0.6) is 0 Å². The quantitative estimate of drug-likeness (QED) is 0.785. The fourth-order valence-electron chi connectivity index (χ4n) is 1.75. The Morgan fingerprint density at radius 3 is 2.58 bits per heavy atom. The molecule has 0 radical (unpaired) electrons. The molecule has 1 heterocycles. The Hall–Kier alpha value is -2.25. The molecule has 0 saturated heterocycles. The second-order valence-electron chi connectivity index (χ2n) is 3.94. The molecule has 0 unspecified atom stereocenters. The first-order valence-corrected chi connectivity index (χ1v) is 5.70. The summed E-state index contributed by atoms with van der Waals surface area (Å²) >= 11 is 0. The molecule has 0 bridgehead atoms. The number of ether oxygens (including phenoxy) is 1. The van der Waals surface area contributed by atoms with Gasteiger partial charge in [-0.1, -0.05) is 5.21 Å². The number of benzene rings is 1. The number of hydrogen-bond donors (Lipinski definition) is 2. The van der Waals surface area contributed by atoms with Gasteiger partial charge in [0.1, 0.15) is 5.69 Å². The fourth-order valence-corrected chi connectivity index (χ4v) is 1.75. The number of rotatable bonds is 5. The Morgan fingerprint density at radius 1 is 1.37 bits per heavy atom. The molecular weight excluding hydrogens is 246 g/mol. The third-order valence-corrected chi connectivity index (χ3v) is 2.71. The summed E-state index contributed by atoms with van der Waals surface area (Å²) in [6, 6.07) is 6.76. The van der Waals surface area contributed by atoms with Crippen molar-refractivity contribution in [1.29, 1.82) is 0 Å². The number of primary amides is 1. The minimum absolute atomic E-state index is 0.290. The van der Waals surface area contributed by atoms with Crippen LogP contribution in [0.3, 0.4) is 0 Å². The molecule has 1 aromatic heterocycles. The van der Waals surface area contributed by atoms with Gasteiger partial charge in [0.15, 0.2) is 0 Å². The maximum atomic E-state index is 11.0. The monoisotopic (exact) mass is 261 g/mol. The number of nitrogens with zero attached hydrogens (tertiary/aromatic N) is 3. The van der Waals surface area contributed by atoms with Gasteiger partial charge in [-0.3, -0.25) is 4.79 Å². The Labute approximate surface area is 110 Å². The molecule has 100 valence electrons. The van der Waals surface area contributed by atoms with Crippen LogP contribution in [-0.2, 0) is 17.9 Å². The molecule has 4 N–H and O–H groups in total. The summed E-state index contributed by atoms with van der Waals surface area (Å²) in [7, 11) is 1.59. The van der Waals surface area contributed by atoms with Crippen molar-refractivity contribution >= 4 is 5.91 Å². The molecule has 0 aliphatic heterocycles. The number of methoxy groups -OCH3 is 1. The summed E-state index contributed by atoms with van der Waals surface area (Å²) in [5.74, 6) is -0.468. The van der Waals surface area contributed by atoms with Crippen LogP contribution >= 0.6 is 0 Å². The lowest BCUT2D eigenvalue weighted by atomic mass is 10.2. The molecule has 1 amide bonds. The predicted molar refractivity (Wildman–Crippen MR) is 68.5 cm³/mol. The summed E-state index contributed by atoms with van der Waals surface area (Å²) in [6.45, 7) is 0.648. The third-order valence-electron chi connectivity index (χ3n) is 2.71. The van der Waals surface area contributed by atoms with Crippen molar-refractivity contribution in [2.45, 2.75) is 13.2 Å². The van der Waals surface area contributed by atoms with E-state index in [4.69, 9.17) is 16.2 Å². The number of carbonyl (C=O) groups is 1. The van der Waals surface area contributed by atoms with Crippen LogP contribution in [0.2, 0.25) is 0 Å². The van der Waals surface area contributed by atoms with Gasteiger partial charge in [-0.25, -0.2) is 4.68 Å². The third kappa shape index (κ3) is 2.61. The van der Waals surface area contributed by atoms with E-state index in [1.54, 1.807) is 36.1 Å². The van der Waals surface area contributed by atoms with E-state index in [0.29, 0.717) is 17.9 Å². The number of aromatic nitrogens is 3. The van der Waals surface area contributed by atoms with Crippen LogP contribution < -0.4 is 11.5 Å². The molecule has 0 saturated carbocycles. The van der Waals surface area contributed by atoms with Crippen molar-refractivity contribution in [3.05, 3.63) is 41.2 Å². The first kappa shape index (κ1) is 13.2. The van der Waals surface area contributed by atoms with Gasteiger partial charge >= 0.3 is 0 Å². The Kier molecular flexibility index (Phi) is 3.88. The highest BCUT2D eigenvalue weighted by atomic mass is 16.5. The van der Waals surface area contributed by atoms with E-state index in [1.165, 1.54) is 0 Å². The molecule has 0 fully saturated rings. The first-order chi connectivity index (χ1) is 9.17. The molecule has 1 aromatic carbocycles. The Balaban J connectivity index is 2.40. The first-order valence-electron chi connectivity index (χ1n) is 5.70. The average molecular weight is 261 g/mol. The van der Waals surface area contributed by atoms with Crippen molar-refractivity contribution in [2.75, 3.05) is 7.11 Å². The normalized spacial score (nSPS) is 10.6. The van der Waals surface area contributed by atoms with Crippen LogP contribution in [-0.4, -0.2) is 28.0 Å². The van der Waals surface area contributed by atoms with E-state index in [0.717, 1.165) is 11.4 Å². The van der Waals surface area contributed by atoms with E-state index in [9.17, 15) is 4.79 Å². The van der Waals surface area contributed by atoms with Crippen LogP contribution in [0.1, 0.15) is 21.7 Å². The van der Waals surface area contributed by atoms with Gasteiger partial charge in [0.2, 0.25) is 5.91 Å². The molecule has 0 aliphatic carbocycles. The molecule has 0 spiro atoms. The summed E-state index contributed by atoms with van der Waals surface area (Å²) in [6.07, 6.45) is 0. The summed E-state index contributed by atoms with van der Waals surface area (Å²) in [5, 5.41) is 8.04. The fraction of sp³-hybridized carbons (Fsp3) is 0.250. The number of carbonyl (C=O) groups excluding carboxylic acids is 1. The molecule has 0 atom stereocenters. The lowest BCUT2D eigenvalue weighted by Gasteiger charge is -2.07. The smallest absolute Gasteiger partial charge is 0.248 e. The SMILES string of the molecule is COCc1c(CN)nnn1-c1ccc(C(N)=O)cc1. The lowest BCUT2D eigenvalue weighted by Crippen LogP contribution is -2.11. The van der Waals surface area contributed by atoms with Crippen molar-refractivity contribution in [2.24, 2.45) is 11.5 Å². The van der Waals surface area contributed by atoms with E-state index >= 15 is 0 Å². The maximum absolute atomic E-state index is 11.0. The number of amides is 1. The summed E-state index contributed by atoms with van der Waals surface area (Å²) < 4.78 is 6.76. The highest BCUT2D eigenvalue weighted by molar-refractivity contribution is 5.92. The highest BCUT2D eigenvalue weighted by Gasteiger charge is 2.13. The molecule has 2 aromatic rings. The van der Waals surface area contributed by atoms with E-state index < -0.39 is 5.91 Å². The highest BCUT2D eigenvalue weighted by Crippen LogP contribution is 2.14. The van der Waals surface area contributed by atoms with Gasteiger partial charge in [0.05, 0.1) is 18.0 Å². The standard InChI is InChI=1S/C12H15N5O2/c1-19-7-11-10(6-13)15-16-17(11)9-4-2-8(3-5-9)12(14)18/h2-5H,6-7,13H2,1H3,(H2,14,18). The molecule has 0 aliphatic rings. The summed E-state index contributed by atoms with van der Waals surface area (Å²) in [4.78, 5) is 11.0. The topological polar surface area (TPSA) is 109 Å². The van der Waals surface area contributed by atoms with Gasteiger partial charge < -0.3 is 16.2 Å². The van der Waals surface area contributed by atoms with Gasteiger partial charge in [-0.2, -0.15) is 0 Å².